The van der Waals surface area contributed by atoms with Crippen molar-refractivity contribution >= 4 is 0 Å². The summed E-state index contributed by atoms with van der Waals surface area (Å²) in [6, 6.07) is 10.2. The van der Waals surface area contributed by atoms with E-state index in [9.17, 15) is 0 Å². The van der Waals surface area contributed by atoms with Crippen LogP contribution in [0, 0.1) is 6.92 Å². The van der Waals surface area contributed by atoms with E-state index in [-0.39, 0.29) is 0 Å². The summed E-state index contributed by atoms with van der Waals surface area (Å²) < 4.78 is 2.09. The third-order valence-electron chi connectivity index (χ3n) is 2.25. The highest BCUT2D eigenvalue weighted by molar-refractivity contribution is 5.55. The molecule has 13 heavy (non-hydrogen) atoms. The van der Waals surface area contributed by atoms with Gasteiger partial charge in [0.2, 0.25) is 0 Å². The van der Waals surface area contributed by atoms with Crippen molar-refractivity contribution in [3.8, 4) is 11.4 Å². The first-order valence-electron chi connectivity index (χ1n) is 4.33. The van der Waals surface area contributed by atoms with Gasteiger partial charge in [-0.25, -0.2) is 4.98 Å². The van der Waals surface area contributed by atoms with Crippen LogP contribution in [0.15, 0.2) is 36.5 Å². The Hall–Kier alpha value is -1.57. The molecule has 0 fully saturated rings. The standard InChI is InChI=1S/C11H12N2/c1-9-8-12-11(13(9)2)10-6-4-3-5-7-10/h3-8H,1-2H3. The Morgan fingerprint density at radius 2 is 1.85 bits per heavy atom. The molecule has 2 heteroatoms. The molecule has 2 nitrogen and oxygen atoms in total. The molecular weight excluding hydrogens is 160 g/mol. The van der Waals surface area contributed by atoms with E-state index in [0.29, 0.717) is 0 Å². The Balaban J connectivity index is 2.53. The highest BCUT2D eigenvalue weighted by Crippen LogP contribution is 2.16. The van der Waals surface area contributed by atoms with Crippen LogP contribution in [-0.4, -0.2) is 9.55 Å². The molecule has 2 rings (SSSR count). The highest BCUT2D eigenvalue weighted by atomic mass is 15.1. The average Bonchev–Trinajstić information content (AvgIpc) is 2.49. The van der Waals surface area contributed by atoms with Gasteiger partial charge in [0.05, 0.1) is 0 Å². The second-order valence-electron chi connectivity index (χ2n) is 3.15. The summed E-state index contributed by atoms with van der Waals surface area (Å²) in [5.74, 6) is 1.03. The maximum absolute atomic E-state index is 4.35. The zero-order valence-corrected chi connectivity index (χ0v) is 7.86. The van der Waals surface area contributed by atoms with Crippen molar-refractivity contribution < 1.29 is 0 Å². The number of hydrogen-bond donors (Lipinski definition) is 0. The quantitative estimate of drug-likeness (QED) is 0.645. The third-order valence-corrected chi connectivity index (χ3v) is 2.25. The van der Waals surface area contributed by atoms with Gasteiger partial charge in [-0.05, 0) is 6.92 Å². The maximum atomic E-state index is 4.35. The van der Waals surface area contributed by atoms with Gasteiger partial charge in [0.1, 0.15) is 5.82 Å². The molecule has 0 aliphatic rings. The third kappa shape index (κ3) is 1.35. The van der Waals surface area contributed by atoms with E-state index < -0.39 is 0 Å². The lowest BCUT2D eigenvalue weighted by atomic mass is 10.2. The molecule has 0 aliphatic heterocycles. The van der Waals surface area contributed by atoms with E-state index in [1.807, 2.05) is 31.4 Å². The molecule has 0 saturated heterocycles. The van der Waals surface area contributed by atoms with E-state index >= 15 is 0 Å². The molecular formula is C11H12N2. The minimum Gasteiger partial charge on any atom is -0.331 e. The van der Waals surface area contributed by atoms with Crippen molar-refractivity contribution in [1.29, 1.82) is 0 Å². The number of aryl methyl sites for hydroxylation is 1. The number of aromatic nitrogens is 2. The molecule has 0 N–H and O–H groups in total. The molecule has 1 aromatic heterocycles. The molecule has 0 saturated carbocycles. The van der Waals surface area contributed by atoms with Crippen LogP contribution in [0.5, 0.6) is 0 Å². The Labute approximate surface area is 77.9 Å². The van der Waals surface area contributed by atoms with Crippen molar-refractivity contribution in [1.82, 2.24) is 9.55 Å². The van der Waals surface area contributed by atoms with Crippen LogP contribution in [0.3, 0.4) is 0 Å². The van der Waals surface area contributed by atoms with Gasteiger partial charge in [-0.3, -0.25) is 0 Å². The average molecular weight is 172 g/mol. The molecule has 0 aliphatic carbocycles. The molecule has 0 radical (unpaired) electrons. The highest BCUT2D eigenvalue weighted by Gasteiger charge is 2.03. The summed E-state index contributed by atoms with van der Waals surface area (Å²) in [5, 5.41) is 0. The van der Waals surface area contributed by atoms with Crippen LogP contribution in [0.25, 0.3) is 11.4 Å². The van der Waals surface area contributed by atoms with Gasteiger partial charge in [-0.2, -0.15) is 0 Å². The number of hydrogen-bond acceptors (Lipinski definition) is 1. The van der Waals surface area contributed by atoms with Gasteiger partial charge in [-0.15, -0.1) is 0 Å². The summed E-state index contributed by atoms with van der Waals surface area (Å²) >= 11 is 0. The van der Waals surface area contributed by atoms with Crippen molar-refractivity contribution in [3.05, 3.63) is 42.2 Å². The van der Waals surface area contributed by atoms with Crippen molar-refractivity contribution in [3.63, 3.8) is 0 Å². The molecule has 0 bridgehead atoms. The summed E-state index contributed by atoms with van der Waals surface area (Å²) in [6.07, 6.45) is 1.89. The first-order chi connectivity index (χ1) is 6.29. The van der Waals surface area contributed by atoms with Gasteiger partial charge >= 0.3 is 0 Å². The Bertz CT molecular complexity index is 401. The Kier molecular flexibility index (Phi) is 1.89. The van der Waals surface area contributed by atoms with E-state index in [1.165, 1.54) is 5.69 Å². The van der Waals surface area contributed by atoms with Crippen molar-refractivity contribution in [2.45, 2.75) is 6.92 Å². The van der Waals surface area contributed by atoms with Crippen LogP contribution in [0.4, 0.5) is 0 Å². The second-order valence-corrected chi connectivity index (χ2v) is 3.15. The van der Waals surface area contributed by atoms with Crippen LogP contribution in [0.1, 0.15) is 5.69 Å². The smallest absolute Gasteiger partial charge is 0.139 e. The number of imidazole rings is 1. The Morgan fingerprint density at radius 3 is 2.38 bits per heavy atom. The SMILES string of the molecule is Cc1cnc(-c2ccccc2)n1C. The second kappa shape index (κ2) is 3.05. The molecule has 0 amide bonds. The van der Waals surface area contributed by atoms with E-state index in [2.05, 4.69) is 28.6 Å². The van der Waals surface area contributed by atoms with Crippen LogP contribution in [-0.2, 0) is 7.05 Å². The van der Waals surface area contributed by atoms with Crippen molar-refractivity contribution in [2.24, 2.45) is 7.05 Å². The lowest BCUT2D eigenvalue weighted by molar-refractivity contribution is 0.884. The molecule has 1 heterocycles. The zero-order valence-electron chi connectivity index (χ0n) is 7.86. The van der Waals surface area contributed by atoms with E-state index in [4.69, 9.17) is 0 Å². The van der Waals surface area contributed by atoms with Crippen LogP contribution in [0.2, 0.25) is 0 Å². The summed E-state index contributed by atoms with van der Waals surface area (Å²) in [7, 11) is 2.03. The van der Waals surface area contributed by atoms with Gasteiger partial charge in [0.25, 0.3) is 0 Å². The molecule has 1 aromatic carbocycles. The maximum Gasteiger partial charge on any atom is 0.139 e. The van der Waals surface area contributed by atoms with Gasteiger partial charge < -0.3 is 4.57 Å². The number of rotatable bonds is 1. The van der Waals surface area contributed by atoms with Crippen LogP contribution >= 0.6 is 0 Å². The monoisotopic (exact) mass is 172 g/mol. The molecule has 2 aromatic rings. The predicted molar refractivity (Wildman–Crippen MR) is 53.4 cm³/mol. The fourth-order valence-electron chi connectivity index (χ4n) is 1.35. The lowest BCUT2D eigenvalue weighted by Crippen LogP contribution is -1.93. The first kappa shape index (κ1) is 8.05. The predicted octanol–water partition coefficient (Wildman–Crippen LogP) is 2.40. The fourth-order valence-corrected chi connectivity index (χ4v) is 1.35. The molecule has 66 valence electrons. The van der Waals surface area contributed by atoms with Crippen LogP contribution < -0.4 is 0 Å². The first-order valence-corrected chi connectivity index (χ1v) is 4.33. The van der Waals surface area contributed by atoms with E-state index in [1.54, 1.807) is 0 Å². The molecule has 0 spiro atoms. The minimum atomic E-state index is 1.03. The van der Waals surface area contributed by atoms with Gasteiger partial charge in [0.15, 0.2) is 0 Å². The summed E-state index contributed by atoms with van der Waals surface area (Å²) in [4.78, 5) is 4.35. The largest absolute Gasteiger partial charge is 0.331 e. The lowest BCUT2D eigenvalue weighted by Gasteiger charge is -2.02. The summed E-state index contributed by atoms with van der Waals surface area (Å²) in [6.45, 7) is 2.06. The Morgan fingerprint density at radius 1 is 1.15 bits per heavy atom. The number of nitrogens with zero attached hydrogens (tertiary/aromatic N) is 2. The van der Waals surface area contributed by atoms with Crippen molar-refractivity contribution in [2.75, 3.05) is 0 Å². The molecule has 0 unspecified atom stereocenters. The molecule has 0 atom stereocenters. The van der Waals surface area contributed by atoms with Gasteiger partial charge in [0, 0.05) is 24.5 Å². The topological polar surface area (TPSA) is 17.8 Å². The minimum absolute atomic E-state index is 1.03. The van der Waals surface area contributed by atoms with E-state index in [0.717, 1.165) is 11.4 Å². The number of benzene rings is 1. The summed E-state index contributed by atoms with van der Waals surface area (Å²) in [5.41, 5.74) is 2.34. The van der Waals surface area contributed by atoms with Gasteiger partial charge in [-0.1, -0.05) is 30.3 Å². The normalized spacial score (nSPS) is 10.3. The fraction of sp³-hybridized carbons (Fsp3) is 0.182. The zero-order chi connectivity index (χ0) is 9.26.